The topological polar surface area (TPSA) is 49.7 Å². The summed E-state index contributed by atoms with van der Waals surface area (Å²) in [4.78, 5) is 0. The van der Waals surface area contributed by atoms with Crippen molar-refractivity contribution in [2.75, 3.05) is 7.11 Å². The van der Waals surface area contributed by atoms with Gasteiger partial charge in [-0.15, -0.1) is 0 Å². The lowest BCUT2D eigenvalue weighted by molar-refractivity contribution is -0.121. The van der Waals surface area contributed by atoms with Crippen molar-refractivity contribution >= 4 is 0 Å². The zero-order valence-corrected chi connectivity index (χ0v) is 9.60. The van der Waals surface area contributed by atoms with E-state index in [0.717, 1.165) is 25.7 Å². The second-order valence-electron chi connectivity index (χ2n) is 5.25. The molecule has 2 saturated carbocycles. The molecule has 2 aliphatic rings. The number of aliphatic hydroxyl groups is 2. The summed E-state index contributed by atoms with van der Waals surface area (Å²) in [6, 6.07) is 0. The zero-order chi connectivity index (χ0) is 11.0. The first-order chi connectivity index (χ1) is 7.13. The first-order valence-electron chi connectivity index (χ1n) is 6.02. The predicted molar refractivity (Wildman–Crippen MR) is 57.4 cm³/mol. The van der Waals surface area contributed by atoms with Gasteiger partial charge in [-0.2, -0.15) is 0 Å². The molecule has 6 unspecified atom stereocenters. The lowest BCUT2D eigenvalue weighted by Crippen LogP contribution is -2.49. The van der Waals surface area contributed by atoms with Crippen LogP contribution in [0, 0.1) is 17.8 Å². The second-order valence-corrected chi connectivity index (χ2v) is 5.25. The van der Waals surface area contributed by atoms with Crippen molar-refractivity contribution in [3.8, 4) is 0 Å². The molecular formula is C12H22O3. The second kappa shape index (κ2) is 4.40. The van der Waals surface area contributed by atoms with E-state index in [4.69, 9.17) is 4.74 Å². The number of methoxy groups -OCH3 is 1. The van der Waals surface area contributed by atoms with Crippen molar-refractivity contribution in [1.29, 1.82) is 0 Å². The van der Waals surface area contributed by atoms with Gasteiger partial charge < -0.3 is 14.9 Å². The molecule has 0 radical (unpaired) electrons. The maximum absolute atomic E-state index is 9.96. The van der Waals surface area contributed by atoms with E-state index in [2.05, 4.69) is 6.92 Å². The standard InChI is InChI=1S/C12H22O3/c1-7-10-6-9(13)4-3-8(10)5-11(14)12(7)15-2/h7-14H,3-6H2,1-2H3. The number of ether oxygens (including phenoxy) is 1. The van der Waals surface area contributed by atoms with E-state index >= 15 is 0 Å². The number of aliphatic hydroxyl groups excluding tert-OH is 2. The molecule has 15 heavy (non-hydrogen) atoms. The average molecular weight is 214 g/mol. The van der Waals surface area contributed by atoms with E-state index in [1.807, 2.05) is 0 Å². The number of rotatable bonds is 1. The Balaban J connectivity index is 2.09. The average Bonchev–Trinajstić information content (AvgIpc) is 2.20. The van der Waals surface area contributed by atoms with Crippen LogP contribution in [0.3, 0.4) is 0 Å². The van der Waals surface area contributed by atoms with Crippen molar-refractivity contribution in [3.05, 3.63) is 0 Å². The number of hydrogen-bond acceptors (Lipinski definition) is 3. The van der Waals surface area contributed by atoms with Gasteiger partial charge in [-0.25, -0.2) is 0 Å². The van der Waals surface area contributed by atoms with Crippen molar-refractivity contribution in [3.63, 3.8) is 0 Å². The fraction of sp³-hybridized carbons (Fsp3) is 1.00. The Kier molecular flexibility index (Phi) is 3.33. The van der Waals surface area contributed by atoms with Gasteiger partial charge in [0.1, 0.15) is 0 Å². The molecule has 0 amide bonds. The van der Waals surface area contributed by atoms with E-state index in [1.165, 1.54) is 0 Å². The third-order valence-corrected chi connectivity index (χ3v) is 4.41. The first-order valence-corrected chi connectivity index (χ1v) is 6.02. The molecule has 2 N–H and O–H groups in total. The van der Waals surface area contributed by atoms with Crippen LogP contribution in [0.15, 0.2) is 0 Å². The summed E-state index contributed by atoms with van der Waals surface area (Å²) in [5.74, 6) is 1.48. The van der Waals surface area contributed by atoms with Crippen LogP contribution in [0.4, 0.5) is 0 Å². The predicted octanol–water partition coefficient (Wildman–Crippen LogP) is 1.18. The highest BCUT2D eigenvalue weighted by molar-refractivity contribution is 4.94. The highest BCUT2D eigenvalue weighted by atomic mass is 16.5. The molecule has 0 spiro atoms. The van der Waals surface area contributed by atoms with Crippen LogP contribution < -0.4 is 0 Å². The van der Waals surface area contributed by atoms with Crippen LogP contribution in [-0.2, 0) is 4.74 Å². The lowest BCUT2D eigenvalue weighted by atomic mass is 9.63. The molecule has 3 nitrogen and oxygen atoms in total. The molecular weight excluding hydrogens is 192 g/mol. The minimum atomic E-state index is -0.318. The third-order valence-electron chi connectivity index (χ3n) is 4.41. The molecule has 0 heterocycles. The smallest absolute Gasteiger partial charge is 0.0858 e. The number of hydrogen-bond donors (Lipinski definition) is 2. The maximum atomic E-state index is 9.96. The molecule has 0 saturated heterocycles. The quantitative estimate of drug-likeness (QED) is 0.689. The summed E-state index contributed by atoms with van der Waals surface area (Å²) in [6.07, 6.45) is 3.19. The molecule has 2 rings (SSSR count). The van der Waals surface area contributed by atoms with Gasteiger partial charge in [0.05, 0.1) is 18.3 Å². The summed E-state index contributed by atoms with van der Waals surface area (Å²) < 4.78 is 5.37. The Labute approximate surface area is 91.4 Å². The monoisotopic (exact) mass is 214 g/mol. The van der Waals surface area contributed by atoms with Crippen LogP contribution in [0.25, 0.3) is 0 Å². The van der Waals surface area contributed by atoms with Crippen LogP contribution >= 0.6 is 0 Å². The van der Waals surface area contributed by atoms with Crippen LogP contribution in [-0.4, -0.2) is 35.6 Å². The summed E-state index contributed by atoms with van der Waals surface area (Å²) in [5, 5.41) is 19.6. The van der Waals surface area contributed by atoms with E-state index < -0.39 is 0 Å². The fourth-order valence-electron chi connectivity index (χ4n) is 3.59. The van der Waals surface area contributed by atoms with E-state index in [0.29, 0.717) is 17.8 Å². The zero-order valence-electron chi connectivity index (χ0n) is 9.60. The minimum Gasteiger partial charge on any atom is -0.393 e. The van der Waals surface area contributed by atoms with Crippen LogP contribution in [0.2, 0.25) is 0 Å². The van der Waals surface area contributed by atoms with E-state index in [-0.39, 0.29) is 18.3 Å². The Bertz CT molecular complexity index is 219. The molecule has 0 aliphatic heterocycles. The van der Waals surface area contributed by atoms with Crippen molar-refractivity contribution in [1.82, 2.24) is 0 Å². The minimum absolute atomic E-state index is 0.0449. The maximum Gasteiger partial charge on any atom is 0.0858 e. The highest BCUT2D eigenvalue weighted by Gasteiger charge is 2.44. The Morgan fingerprint density at radius 3 is 2.53 bits per heavy atom. The van der Waals surface area contributed by atoms with Gasteiger partial charge >= 0.3 is 0 Å². The van der Waals surface area contributed by atoms with Gasteiger partial charge in [-0.3, -0.25) is 0 Å². The molecule has 88 valence electrons. The SMILES string of the molecule is COC1C(O)CC2CCC(O)CC2C1C. The lowest BCUT2D eigenvalue weighted by Gasteiger charge is -2.47. The van der Waals surface area contributed by atoms with Gasteiger partial charge in [0.15, 0.2) is 0 Å². The molecule has 2 fully saturated rings. The largest absolute Gasteiger partial charge is 0.393 e. The van der Waals surface area contributed by atoms with Crippen LogP contribution in [0.5, 0.6) is 0 Å². The first kappa shape index (κ1) is 11.4. The van der Waals surface area contributed by atoms with Crippen molar-refractivity contribution in [2.24, 2.45) is 17.8 Å². The van der Waals surface area contributed by atoms with E-state index in [1.54, 1.807) is 7.11 Å². The van der Waals surface area contributed by atoms with Crippen molar-refractivity contribution in [2.45, 2.75) is 50.9 Å². The summed E-state index contributed by atoms with van der Waals surface area (Å²) in [6.45, 7) is 2.15. The van der Waals surface area contributed by atoms with Gasteiger partial charge in [-0.1, -0.05) is 6.92 Å². The van der Waals surface area contributed by atoms with Crippen LogP contribution in [0.1, 0.15) is 32.6 Å². The molecule has 0 bridgehead atoms. The van der Waals surface area contributed by atoms with Gasteiger partial charge in [-0.05, 0) is 43.4 Å². The molecule has 0 aromatic heterocycles. The van der Waals surface area contributed by atoms with Gasteiger partial charge in [0.2, 0.25) is 0 Å². The highest BCUT2D eigenvalue weighted by Crippen LogP contribution is 2.44. The molecule has 2 aliphatic carbocycles. The fourth-order valence-corrected chi connectivity index (χ4v) is 3.59. The molecule has 6 atom stereocenters. The Morgan fingerprint density at radius 1 is 1.13 bits per heavy atom. The van der Waals surface area contributed by atoms with Gasteiger partial charge in [0.25, 0.3) is 0 Å². The van der Waals surface area contributed by atoms with Crippen molar-refractivity contribution < 1.29 is 14.9 Å². The summed E-state index contributed by atoms with van der Waals surface area (Å²) in [5.41, 5.74) is 0. The summed E-state index contributed by atoms with van der Waals surface area (Å²) >= 11 is 0. The Morgan fingerprint density at radius 2 is 1.87 bits per heavy atom. The normalized spacial score (nSPS) is 51.2. The summed E-state index contributed by atoms with van der Waals surface area (Å²) in [7, 11) is 1.67. The molecule has 0 aromatic carbocycles. The number of fused-ring (bicyclic) bond motifs is 1. The molecule has 3 heteroatoms. The molecule has 0 aromatic rings. The Hall–Kier alpha value is -0.120. The van der Waals surface area contributed by atoms with Gasteiger partial charge in [0, 0.05) is 7.11 Å². The third kappa shape index (κ3) is 2.05. The van der Waals surface area contributed by atoms with E-state index in [9.17, 15) is 10.2 Å².